The first-order chi connectivity index (χ1) is 15.6. The van der Waals surface area contributed by atoms with E-state index in [9.17, 15) is 9.59 Å². The summed E-state index contributed by atoms with van der Waals surface area (Å²) in [6.45, 7) is 1.64. The molecule has 1 amide bonds. The van der Waals surface area contributed by atoms with E-state index in [4.69, 9.17) is 16.3 Å². The summed E-state index contributed by atoms with van der Waals surface area (Å²) < 4.78 is 6.87. The van der Waals surface area contributed by atoms with E-state index in [0.717, 1.165) is 29.5 Å². The van der Waals surface area contributed by atoms with E-state index in [1.165, 1.54) is 4.68 Å². The van der Waals surface area contributed by atoms with Crippen molar-refractivity contribution in [2.45, 2.75) is 25.4 Å². The first-order valence-corrected chi connectivity index (χ1v) is 11.1. The van der Waals surface area contributed by atoms with Gasteiger partial charge in [0, 0.05) is 29.8 Å². The molecule has 1 atom stereocenters. The molecule has 3 aromatic rings. The second-order valence-electron chi connectivity index (χ2n) is 8.21. The molecule has 2 aliphatic heterocycles. The molecule has 32 heavy (non-hydrogen) atoms. The third kappa shape index (κ3) is 3.49. The molecular weight excluding hydrogens is 426 g/mol. The Morgan fingerprint density at radius 2 is 1.97 bits per heavy atom. The quantitative estimate of drug-likeness (QED) is 0.650. The minimum atomic E-state index is -0.191. The molecule has 2 aliphatic rings. The molecule has 2 aromatic carbocycles. The van der Waals surface area contributed by atoms with Crippen molar-refractivity contribution in [1.82, 2.24) is 9.58 Å². The van der Waals surface area contributed by atoms with E-state index in [-0.39, 0.29) is 17.5 Å². The fourth-order valence-electron chi connectivity index (χ4n) is 4.73. The Kier molecular flexibility index (Phi) is 5.49. The number of ether oxygens (including phenoxy) is 1. The van der Waals surface area contributed by atoms with Crippen molar-refractivity contribution in [2.75, 3.05) is 25.7 Å². The van der Waals surface area contributed by atoms with Crippen LogP contribution in [-0.4, -0.2) is 41.8 Å². The van der Waals surface area contributed by atoms with E-state index >= 15 is 0 Å². The Bertz CT molecular complexity index is 1240. The molecule has 0 radical (unpaired) electrons. The van der Waals surface area contributed by atoms with Gasteiger partial charge in [-0.2, -0.15) is 0 Å². The highest BCUT2D eigenvalue weighted by atomic mass is 35.5. The summed E-state index contributed by atoms with van der Waals surface area (Å²) in [5.41, 5.74) is 7.12. The molecular formula is C25H24ClN3O3. The lowest BCUT2D eigenvalue weighted by Gasteiger charge is -2.29. The van der Waals surface area contributed by atoms with Gasteiger partial charge in [0.05, 0.1) is 30.5 Å². The van der Waals surface area contributed by atoms with E-state index in [0.29, 0.717) is 41.5 Å². The van der Waals surface area contributed by atoms with Crippen LogP contribution in [0.5, 0.6) is 0 Å². The van der Waals surface area contributed by atoms with Crippen molar-refractivity contribution < 1.29 is 9.53 Å². The summed E-state index contributed by atoms with van der Waals surface area (Å²) >= 11 is 6.31. The maximum Gasteiger partial charge on any atom is 0.277 e. The van der Waals surface area contributed by atoms with Gasteiger partial charge in [-0.25, -0.2) is 4.68 Å². The Morgan fingerprint density at radius 3 is 2.75 bits per heavy atom. The Morgan fingerprint density at radius 1 is 1.16 bits per heavy atom. The number of aromatic nitrogens is 1. The molecule has 1 N–H and O–H groups in total. The highest BCUT2D eigenvalue weighted by Crippen LogP contribution is 2.35. The van der Waals surface area contributed by atoms with Gasteiger partial charge in [0.15, 0.2) is 0 Å². The molecule has 0 aliphatic carbocycles. The monoisotopic (exact) mass is 449 g/mol. The fourth-order valence-corrected chi connectivity index (χ4v) is 4.90. The molecule has 7 heteroatoms. The SMILES string of the molecule is COCC1CCCN1C(=O)c1cc(-c2ccccc2)c(=O)n2c1-c1cc(Cl)ccc1CN2. The summed E-state index contributed by atoms with van der Waals surface area (Å²) in [6.07, 6.45) is 1.84. The van der Waals surface area contributed by atoms with E-state index in [1.54, 1.807) is 13.2 Å². The number of nitrogens with one attached hydrogen (secondary N) is 1. The second kappa shape index (κ2) is 8.45. The molecule has 1 fully saturated rings. The van der Waals surface area contributed by atoms with Crippen LogP contribution in [0.15, 0.2) is 59.4 Å². The first-order valence-electron chi connectivity index (χ1n) is 10.8. The molecule has 0 spiro atoms. The van der Waals surface area contributed by atoms with Gasteiger partial charge >= 0.3 is 0 Å². The summed E-state index contributed by atoms with van der Waals surface area (Å²) in [7, 11) is 1.65. The Hall–Kier alpha value is -3.09. The number of pyridine rings is 1. The van der Waals surface area contributed by atoms with E-state index in [1.807, 2.05) is 53.4 Å². The fraction of sp³-hybridized carbons (Fsp3) is 0.280. The van der Waals surface area contributed by atoms with Gasteiger partial charge in [0.1, 0.15) is 0 Å². The van der Waals surface area contributed by atoms with E-state index < -0.39 is 0 Å². The van der Waals surface area contributed by atoms with Crippen LogP contribution in [0.25, 0.3) is 22.4 Å². The van der Waals surface area contributed by atoms with Crippen molar-refractivity contribution in [3.63, 3.8) is 0 Å². The second-order valence-corrected chi connectivity index (χ2v) is 8.65. The number of hydrogen-bond acceptors (Lipinski definition) is 4. The molecule has 1 saturated heterocycles. The molecule has 164 valence electrons. The Labute approximate surface area is 191 Å². The van der Waals surface area contributed by atoms with Crippen LogP contribution >= 0.6 is 11.6 Å². The van der Waals surface area contributed by atoms with Crippen LogP contribution in [-0.2, 0) is 11.3 Å². The zero-order valence-electron chi connectivity index (χ0n) is 17.8. The summed E-state index contributed by atoms with van der Waals surface area (Å²) in [6, 6.07) is 16.8. The van der Waals surface area contributed by atoms with Gasteiger partial charge in [-0.15, -0.1) is 0 Å². The number of carbonyl (C=O) groups excluding carboxylic acids is 1. The average Bonchev–Trinajstić information content (AvgIpc) is 3.28. The molecule has 3 heterocycles. The van der Waals surface area contributed by atoms with Crippen molar-refractivity contribution >= 4 is 17.5 Å². The van der Waals surface area contributed by atoms with Gasteiger partial charge < -0.3 is 15.1 Å². The first kappa shape index (κ1) is 20.8. The summed E-state index contributed by atoms with van der Waals surface area (Å²) in [4.78, 5) is 29.3. The number of nitrogens with zero attached hydrogens (tertiary/aromatic N) is 2. The topological polar surface area (TPSA) is 63.6 Å². The smallest absolute Gasteiger partial charge is 0.277 e. The lowest BCUT2D eigenvalue weighted by molar-refractivity contribution is 0.0630. The standard InChI is InChI=1S/C25H24ClN3O3/c1-32-15-19-8-5-11-28(19)24(30)22-13-21(16-6-3-2-4-7-16)25(31)29-23(22)20-12-18(26)10-9-17(20)14-27-29/h2-4,6-7,9-10,12-13,19,27H,5,8,11,14-15H2,1H3. The molecule has 0 bridgehead atoms. The summed E-state index contributed by atoms with van der Waals surface area (Å²) in [5, 5.41) is 0.564. The number of amides is 1. The lowest BCUT2D eigenvalue weighted by Crippen LogP contribution is -2.41. The van der Waals surface area contributed by atoms with Crippen LogP contribution in [0.3, 0.4) is 0 Å². The number of hydrogen-bond donors (Lipinski definition) is 1. The van der Waals surface area contributed by atoms with Gasteiger partial charge in [-0.1, -0.05) is 48.0 Å². The number of likely N-dealkylation sites (tertiary alicyclic amines) is 1. The minimum absolute atomic E-state index is 0.0237. The predicted molar refractivity (Wildman–Crippen MR) is 126 cm³/mol. The normalized spacial score (nSPS) is 16.9. The van der Waals surface area contributed by atoms with Crippen molar-refractivity contribution in [3.8, 4) is 22.4 Å². The Balaban J connectivity index is 1.75. The maximum absolute atomic E-state index is 13.9. The predicted octanol–water partition coefficient (Wildman–Crippen LogP) is 4.14. The lowest BCUT2D eigenvalue weighted by atomic mass is 9.95. The van der Waals surface area contributed by atoms with Gasteiger partial charge in [-0.3, -0.25) is 9.59 Å². The number of rotatable bonds is 4. The third-order valence-corrected chi connectivity index (χ3v) is 6.50. The van der Waals surface area contributed by atoms with Crippen LogP contribution in [0.1, 0.15) is 28.8 Å². The van der Waals surface area contributed by atoms with Gasteiger partial charge in [0.25, 0.3) is 11.5 Å². The average molecular weight is 450 g/mol. The van der Waals surface area contributed by atoms with Crippen LogP contribution < -0.4 is 11.0 Å². The van der Waals surface area contributed by atoms with Crippen molar-refractivity contribution in [1.29, 1.82) is 0 Å². The summed E-state index contributed by atoms with van der Waals surface area (Å²) in [5.74, 6) is -0.0971. The van der Waals surface area contributed by atoms with Gasteiger partial charge in [0.2, 0.25) is 0 Å². The van der Waals surface area contributed by atoms with Crippen LogP contribution in [0.4, 0.5) is 0 Å². The molecule has 5 rings (SSSR count). The van der Waals surface area contributed by atoms with Crippen molar-refractivity contribution in [3.05, 3.63) is 81.1 Å². The number of benzene rings is 2. The van der Waals surface area contributed by atoms with Gasteiger partial charge in [-0.05, 0) is 42.2 Å². The van der Waals surface area contributed by atoms with Crippen LogP contribution in [0.2, 0.25) is 5.02 Å². The minimum Gasteiger partial charge on any atom is -0.383 e. The number of carbonyl (C=O) groups is 1. The zero-order chi connectivity index (χ0) is 22.2. The zero-order valence-corrected chi connectivity index (χ0v) is 18.6. The third-order valence-electron chi connectivity index (χ3n) is 6.27. The highest BCUT2D eigenvalue weighted by molar-refractivity contribution is 6.31. The van der Waals surface area contributed by atoms with E-state index in [2.05, 4.69) is 5.43 Å². The molecule has 0 saturated carbocycles. The maximum atomic E-state index is 13.9. The molecule has 1 unspecified atom stereocenters. The largest absolute Gasteiger partial charge is 0.383 e. The van der Waals surface area contributed by atoms with Crippen molar-refractivity contribution in [2.24, 2.45) is 0 Å². The number of halogens is 1. The number of methoxy groups -OCH3 is 1. The molecule has 6 nitrogen and oxygen atoms in total. The van der Waals surface area contributed by atoms with Crippen LogP contribution in [0, 0.1) is 0 Å². The highest BCUT2D eigenvalue weighted by Gasteiger charge is 2.33. The number of fused-ring (bicyclic) bond motifs is 3. The molecule has 1 aromatic heterocycles.